The second kappa shape index (κ2) is 113. The summed E-state index contributed by atoms with van der Waals surface area (Å²) < 4.78 is 0. The van der Waals surface area contributed by atoms with Crippen molar-refractivity contribution in [2.24, 2.45) is 11.8 Å². The molecule has 0 fully saturated rings. The summed E-state index contributed by atoms with van der Waals surface area (Å²) in [5.41, 5.74) is 0. The number of unbranched alkanes of at least 4 members (excludes halogenated alkanes) is 102. The molecule has 0 bridgehead atoms. The van der Waals surface area contributed by atoms with Crippen LogP contribution in [0.2, 0.25) is 0 Å². The van der Waals surface area contributed by atoms with Gasteiger partial charge in [0.25, 0.3) is 0 Å². The van der Waals surface area contributed by atoms with Crippen LogP contribution in [0.15, 0.2) is 0 Å². The molecule has 0 aromatic rings. The summed E-state index contributed by atoms with van der Waals surface area (Å²) in [5, 5.41) is 0. The highest BCUT2D eigenvalue weighted by atomic mass is 14.2. The molecule has 0 nitrogen and oxygen atoms in total. The second-order valence-electron chi connectivity index (χ2n) is 41.5. The molecule has 0 aromatic heterocycles. The molecule has 0 aliphatic rings. The monoisotopic (exact) mass is 1660 g/mol. The molecule has 0 aromatic carbocycles. The predicted molar refractivity (Wildman–Crippen MR) is 547 cm³/mol. The summed E-state index contributed by atoms with van der Waals surface area (Å²) in [7, 11) is 0. The summed E-state index contributed by atoms with van der Waals surface area (Å²) in [5.74, 6) is 2.01. The van der Waals surface area contributed by atoms with Crippen LogP contribution in [0, 0.1) is 11.8 Å². The smallest absolute Gasteiger partial charge is 0.0414 e. The fourth-order valence-electron chi connectivity index (χ4n) is 20.7. The van der Waals surface area contributed by atoms with E-state index in [0.717, 1.165) is 11.8 Å². The summed E-state index contributed by atoms with van der Waals surface area (Å²) >= 11 is 0. The Balaban J connectivity index is 4.90. The molecule has 0 rings (SSSR count). The van der Waals surface area contributed by atoms with Crippen LogP contribution in [0.1, 0.15) is 747 Å². The van der Waals surface area contributed by atoms with Gasteiger partial charge in [0.15, 0.2) is 0 Å². The average molecular weight is 1660 g/mol. The first-order chi connectivity index (χ1) is 58.8. The van der Waals surface area contributed by atoms with Gasteiger partial charge >= 0.3 is 0 Å². The first-order valence-corrected chi connectivity index (χ1v) is 58.8. The Labute approximate surface area is 753 Å². The van der Waals surface area contributed by atoms with Crippen LogP contribution in [-0.2, 0) is 0 Å². The third kappa shape index (κ3) is 108. The Morgan fingerprint density at radius 1 is 0.0678 bits per heavy atom. The molecule has 0 saturated carbocycles. The van der Waals surface area contributed by atoms with Gasteiger partial charge in [0, 0.05) is 0 Å². The second-order valence-corrected chi connectivity index (χ2v) is 41.5. The van der Waals surface area contributed by atoms with E-state index in [4.69, 9.17) is 0 Å². The number of rotatable bonds is 113. The SMILES string of the molecule is CCCCCCCCCCCCCCCCCCCCCCCCCCCCCCCCCCC(CCCCCCCCCCCCCCCCCCCCCCCC)CCC(CCCCCCCCCCCCCCCCCCCCCCCCCCCC)CCCCCCCCCCCCCCCCCCCCCCCCCCCC. The van der Waals surface area contributed by atoms with Gasteiger partial charge < -0.3 is 0 Å². The maximum Gasteiger partial charge on any atom is -0.0414 e. The molecular formula is C118H238. The van der Waals surface area contributed by atoms with Crippen molar-refractivity contribution in [3.8, 4) is 0 Å². The average Bonchev–Trinajstić information content (AvgIpc) is 0.956. The van der Waals surface area contributed by atoms with Gasteiger partial charge in [0.1, 0.15) is 0 Å². The minimum Gasteiger partial charge on any atom is -0.0654 e. The lowest BCUT2D eigenvalue weighted by atomic mass is 9.84. The Bertz CT molecular complexity index is 1570. The van der Waals surface area contributed by atoms with E-state index in [9.17, 15) is 0 Å². The Kier molecular flexibility index (Phi) is 113. The molecule has 1 unspecified atom stereocenters. The van der Waals surface area contributed by atoms with Crippen LogP contribution in [0.3, 0.4) is 0 Å². The molecule has 1 atom stereocenters. The predicted octanol–water partition coefficient (Wildman–Crippen LogP) is 46.0. The van der Waals surface area contributed by atoms with Gasteiger partial charge in [-0.05, 0) is 11.8 Å². The summed E-state index contributed by atoms with van der Waals surface area (Å²) in [6, 6.07) is 0. The van der Waals surface area contributed by atoms with Crippen molar-refractivity contribution in [3.63, 3.8) is 0 Å². The van der Waals surface area contributed by atoms with Crippen molar-refractivity contribution in [1.29, 1.82) is 0 Å². The number of hydrogen-bond donors (Lipinski definition) is 0. The van der Waals surface area contributed by atoms with Gasteiger partial charge in [-0.1, -0.05) is 747 Å². The van der Waals surface area contributed by atoms with Crippen molar-refractivity contribution < 1.29 is 0 Å². The van der Waals surface area contributed by atoms with Crippen LogP contribution < -0.4 is 0 Å². The Hall–Kier alpha value is 0. The molecule has 0 N–H and O–H groups in total. The Morgan fingerprint density at radius 3 is 0.195 bits per heavy atom. The van der Waals surface area contributed by atoms with E-state index < -0.39 is 0 Å². The number of hydrogen-bond acceptors (Lipinski definition) is 0. The van der Waals surface area contributed by atoms with Crippen LogP contribution in [-0.4, -0.2) is 0 Å². The summed E-state index contributed by atoms with van der Waals surface area (Å²) in [6.45, 7) is 9.32. The van der Waals surface area contributed by atoms with E-state index in [1.165, 1.54) is 681 Å². The van der Waals surface area contributed by atoms with E-state index in [2.05, 4.69) is 27.7 Å². The van der Waals surface area contributed by atoms with E-state index in [1.54, 1.807) is 38.5 Å². The topological polar surface area (TPSA) is 0 Å². The lowest BCUT2D eigenvalue weighted by molar-refractivity contribution is 0.308. The molecule has 710 valence electrons. The van der Waals surface area contributed by atoms with Crippen molar-refractivity contribution in [3.05, 3.63) is 0 Å². The van der Waals surface area contributed by atoms with Crippen molar-refractivity contribution in [1.82, 2.24) is 0 Å². The highest BCUT2D eigenvalue weighted by molar-refractivity contribution is 4.69. The van der Waals surface area contributed by atoms with E-state index in [0.29, 0.717) is 0 Å². The molecule has 118 heavy (non-hydrogen) atoms. The maximum atomic E-state index is 2.33. The molecule has 0 amide bonds. The lowest BCUT2D eigenvalue weighted by Gasteiger charge is -2.22. The van der Waals surface area contributed by atoms with Gasteiger partial charge in [-0.25, -0.2) is 0 Å². The Morgan fingerprint density at radius 2 is 0.127 bits per heavy atom. The first-order valence-electron chi connectivity index (χ1n) is 58.8. The molecule has 0 heterocycles. The van der Waals surface area contributed by atoms with Crippen LogP contribution in [0.4, 0.5) is 0 Å². The normalized spacial score (nSPS) is 12.2. The fraction of sp³-hybridized carbons (Fsp3) is 1.00. The molecule has 0 spiro atoms. The van der Waals surface area contributed by atoms with Crippen LogP contribution in [0.25, 0.3) is 0 Å². The molecule has 0 radical (unpaired) electrons. The van der Waals surface area contributed by atoms with Gasteiger partial charge in [0.05, 0.1) is 0 Å². The zero-order chi connectivity index (χ0) is 84.4. The third-order valence-electron chi connectivity index (χ3n) is 29.3. The van der Waals surface area contributed by atoms with Crippen LogP contribution >= 0.6 is 0 Å². The van der Waals surface area contributed by atoms with Crippen LogP contribution in [0.5, 0.6) is 0 Å². The fourth-order valence-corrected chi connectivity index (χ4v) is 20.7. The highest BCUT2D eigenvalue weighted by Crippen LogP contribution is 2.32. The third-order valence-corrected chi connectivity index (χ3v) is 29.3. The quantitative estimate of drug-likeness (QED) is 0.0533. The minimum absolute atomic E-state index is 1.00. The van der Waals surface area contributed by atoms with Gasteiger partial charge in [0.2, 0.25) is 0 Å². The highest BCUT2D eigenvalue weighted by Gasteiger charge is 2.16. The summed E-state index contributed by atoms with van der Waals surface area (Å²) in [4.78, 5) is 0. The summed E-state index contributed by atoms with van der Waals surface area (Å²) in [6.07, 6.45) is 167. The van der Waals surface area contributed by atoms with Gasteiger partial charge in [-0.15, -0.1) is 0 Å². The standard InChI is InChI=1S/C118H238/c1-5-9-13-17-21-25-29-33-37-41-45-49-53-56-59-60-61-62-63-64-67-70-74-78-82-86-90-94-98-102-106-110-112-117(111-107-103-99-95-91-87-83-79-75-71-52-48-44-40-36-32-28-24-20-16-12-8-4)115-116-118(113-108-104-100-96-92-88-84-80-76-72-68-65-57-54-50-46-42-38-34-30-26-22-18-14-10-6-2)114-109-105-101-97-93-89-85-81-77-73-69-66-58-55-51-47-43-39-35-31-27-23-19-15-11-7-3/h117-118H,5-116H2,1-4H3. The van der Waals surface area contributed by atoms with Crippen molar-refractivity contribution >= 4 is 0 Å². The zero-order valence-electron chi connectivity index (χ0n) is 84.4. The van der Waals surface area contributed by atoms with E-state index >= 15 is 0 Å². The van der Waals surface area contributed by atoms with E-state index in [1.807, 2.05) is 0 Å². The largest absolute Gasteiger partial charge is 0.0654 e. The molecule has 0 aliphatic heterocycles. The first kappa shape index (κ1) is 118. The molecule has 0 aliphatic carbocycles. The van der Waals surface area contributed by atoms with Crippen molar-refractivity contribution in [2.45, 2.75) is 747 Å². The molecular weight excluding hydrogens is 1420 g/mol. The zero-order valence-corrected chi connectivity index (χ0v) is 84.4. The van der Waals surface area contributed by atoms with Gasteiger partial charge in [-0.2, -0.15) is 0 Å². The van der Waals surface area contributed by atoms with Gasteiger partial charge in [-0.3, -0.25) is 0 Å². The minimum atomic E-state index is 1.00. The maximum absolute atomic E-state index is 2.33. The molecule has 0 heteroatoms. The molecule has 0 saturated heterocycles. The lowest BCUT2D eigenvalue weighted by Crippen LogP contribution is -2.07. The van der Waals surface area contributed by atoms with Crippen molar-refractivity contribution in [2.75, 3.05) is 0 Å². The van der Waals surface area contributed by atoms with E-state index in [-0.39, 0.29) is 0 Å².